The minimum atomic E-state index is -0.570. The molecule has 0 bridgehead atoms. The van der Waals surface area contributed by atoms with Crippen LogP contribution in [0.1, 0.15) is 38.8 Å². The highest BCUT2D eigenvalue weighted by atomic mass is 19.1. The van der Waals surface area contributed by atoms with Crippen LogP contribution in [0.25, 0.3) is 11.6 Å². The molecule has 148 valence electrons. The number of hydrogen-bond donors (Lipinski definition) is 1. The summed E-state index contributed by atoms with van der Waals surface area (Å²) in [7, 11) is 0. The first kappa shape index (κ1) is 20.3. The summed E-state index contributed by atoms with van der Waals surface area (Å²) in [5.41, 5.74) is 3.17. The summed E-state index contributed by atoms with van der Waals surface area (Å²) in [6.45, 7) is 8.95. The lowest BCUT2D eigenvalue weighted by Crippen LogP contribution is -2.45. The number of halogens is 1. The molecule has 2 aromatic rings. The maximum Gasteiger partial charge on any atom is 0.266 e. The van der Waals surface area contributed by atoms with Crippen LogP contribution in [0, 0.1) is 17.1 Å². The van der Waals surface area contributed by atoms with Gasteiger partial charge in [-0.2, -0.15) is 5.26 Å². The third-order valence-electron chi connectivity index (χ3n) is 5.11. The lowest BCUT2D eigenvalue weighted by Gasteiger charge is -2.42. The van der Waals surface area contributed by atoms with E-state index >= 15 is 0 Å². The van der Waals surface area contributed by atoms with Crippen LogP contribution >= 0.6 is 0 Å². The number of hydrogen-bond acceptors (Lipinski definition) is 3. The van der Waals surface area contributed by atoms with Crippen molar-refractivity contribution in [2.75, 3.05) is 16.8 Å². The monoisotopic (exact) mass is 389 g/mol. The zero-order valence-corrected chi connectivity index (χ0v) is 17.1. The number of para-hydroxylation sites is 1. The van der Waals surface area contributed by atoms with Gasteiger partial charge >= 0.3 is 0 Å². The second-order valence-corrected chi connectivity index (χ2v) is 7.61. The van der Waals surface area contributed by atoms with E-state index in [4.69, 9.17) is 0 Å². The molecule has 0 aromatic heterocycles. The lowest BCUT2D eigenvalue weighted by molar-refractivity contribution is -0.112. The smallest absolute Gasteiger partial charge is 0.266 e. The van der Waals surface area contributed by atoms with E-state index in [9.17, 15) is 14.4 Å². The zero-order valence-electron chi connectivity index (χ0n) is 17.1. The number of amides is 1. The Morgan fingerprint density at radius 1 is 1.28 bits per heavy atom. The van der Waals surface area contributed by atoms with Crippen LogP contribution in [0.3, 0.4) is 0 Å². The van der Waals surface area contributed by atoms with E-state index < -0.39 is 11.7 Å². The van der Waals surface area contributed by atoms with E-state index in [1.165, 1.54) is 12.1 Å². The fourth-order valence-electron chi connectivity index (χ4n) is 3.83. The average Bonchev–Trinajstić information content (AvgIpc) is 2.67. The van der Waals surface area contributed by atoms with Crippen molar-refractivity contribution in [1.29, 1.82) is 5.26 Å². The fraction of sp³-hybridized carbons (Fsp3) is 0.250. The molecule has 0 radical (unpaired) electrons. The van der Waals surface area contributed by atoms with Crippen molar-refractivity contribution in [1.82, 2.24) is 0 Å². The predicted molar refractivity (Wildman–Crippen MR) is 116 cm³/mol. The summed E-state index contributed by atoms with van der Waals surface area (Å²) in [6.07, 6.45) is 3.45. The molecule has 0 aliphatic carbocycles. The molecule has 29 heavy (non-hydrogen) atoms. The van der Waals surface area contributed by atoms with Crippen molar-refractivity contribution in [3.8, 4) is 6.07 Å². The highest BCUT2D eigenvalue weighted by molar-refractivity contribution is 6.09. The number of likely N-dealkylation sites (N-methyl/N-ethyl adjacent to an activating group) is 1. The zero-order chi connectivity index (χ0) is 21.2. The summed E-state index contributed by atoms with van der Waals surface area (Å²) >= 11 is 0. The summed E-state index contributed by atoms with van der Waals surface area (Å²) in [4.78, 5) is 14.6. The largest absolute Gasteiger partial charge is 0.363 e. The van der Waals surface area contributed by atoms with Crippen LogP contribution in [0.4, 0.5) is 15.8 Å². The van der Waals surface area contributed by atoms with Crippen LogP contribution in [-0.4, -0.2) is 18.0 Å². The maximum absolute atomic E-state index is 14.9. The van der Waals surface area contributed by atoms with Crippen LogP contribution in [-0.2, 0) is 4.79 Å². The second-order valence-electron chi connectivity index (χ2n) is 7.61. The van der Waals surface area contributed by atoms with Crippen LogP contribution in [0.5, 0.6) is 0 Å². The van der Waals surface area contributed by atoms with Gasteiger partial charge in [0.05, 0.1) is 5.54 Å². The van der Waals surface area contributed by atoms with E-state index in [2.05, 4.69) is 30.1 Å². The molecule has 1 aliphatic heterocycles. The number of fused-ring (bicyclic) bond motifs is 1. The molecule has 1 heterocycles. The average molecular weight is 389 g/mol. The quantitative estimate of drug-likeness (QED) is 0.563. The molecule has 0 unspecified atom stereocenters. The molecule has 1 amide bonds. The fourth-order valence-corrected chi connectivity index (χ4v) is 3.83. The number of nitrogens with zero attached hydrogens (tertiary/aromatic N) is 2. The van der Waals surface area contributed by atoms with E-state index in [1.54, 1.807) is 30.3 Å². The highest BCUT2D eigenvalue weighted by Gasteiger charge is 2.31. The van der Waals surface area contributed by atoms with Gasteiger partial charge in [-0.25, -0.2) is 4.39 Å². The van der Waals surface area contributed by atoms with Crippen LogP contribution in [0.15, 0.2) is 54.1 Å². The summed E-state index contributed by atoms with van der Waals surface area (Å²) in [6, 6.07) is 13.9. The highest BCUT2D eigenvalue weighted by Crippen LogP contribution is 2.40. The number of carbonyl (C=O) groups excluding carboxylic acids is 1. The lowest BCUT2D eigenvalue weighted by atomic mass is 9.87. The van der Waals surface area contributed by atoms with Crippen molar-refractivity contribution >= 4 is 28.9 Å². The molecular weight excluding hydrogens is 365 g/mol. The molecule has 0 saturated heterocycles. The normalized spacial score (nSPS) is 15.2. The van der Waals surface area contributed by atoms with E-state index in [-0.39, 0.29) is 16.7 Å². The Morgan fingerprint density at radius 3 is 2.59 bits per heavy atom. The Bertz CT molecular complexity index is 1050. The van der Waals surface area contributed by atoms with Crippen molar-refractivity contribution < 1.29 is 9.18 Å². The van der Waals surface area contributed by atoms with Crippen LogP contribution < -0.4 is 10.2 Å². The van der Waals surface area contributed by atoms with Gasteiger partial charge in [0.15, 0.2) is 0 Å². The van der Waals surface area contributed by atoms with Gasteiger partial charge in [-0.3, -0.25) is 4.79 Å². The van der Waals surface area contributed by atoms with Crippen LogP contribution in [0.2, 0.25) is 0 Å². The topological polar surface area (TPSA) is 56.1 Å². The van der Waals surface area contributed by atoms with Gasteiger partial charge in [0, 0.05) is 29.0 Å². The Hall–Kier alpha value is -3.39. The molecular formula is C24H24FN3O. The van der Waals surface area contributed by atoms with Gasteiger partial charge in [-0.1, -0.05) is 24.3 Å². The summed E-state index contributed by atoms with van der Waals surface area (Å²) in [5, 5.41) is 12.1. The Labute approximate surface area is 171 Å². The van der Waals surface area contributed by atoms with Gasteiger partial charge in [0.1, 0.15) is 17.5 Å². The standard InChI is InChI=1S/C24H24FN3O/c1-5-28-22-13-21(25)17(12-20(22)16(2)14-24(28,3)4)11-18(15-26)23(29)27-19-9-7-6-8-10-19/h6-14H,5H2,1-4H3,(H,27,29)/b18-11+. The molecule has 0 fully saturated rings. The summed E-state index contributed by atoms with van der Waals surface area (Å²) < 4.78 is 14.9. The minimum absolute atomic E-state index is 0.155. The molecule has 2 aromatic carbocycles. The molecule has 3 rings (SSSR count). The number of allylic oxidation sites excluding steroid dienone is 1. The van der Waals surface area contributed by atoms with Gasteiger partial charge in [-0.15, -0.1) is 0 Å². The first-order valence-electron chi connectivity index (χ1n) is 9.56. The maximum atomic E-state index is 14.9. The van der Waals surface area contributed by atoms with Crippen molar-refractivity contribution in [2.45, 2.75) is 33.2 Å². The molecule has 0 spiro atoms. The SMILES string of the molecule is CCN1c2cc(F)c(/C=C(\C#N)C(=O)Nc3ccccc3)cc2C(C)=CC1(C)C. The predicted octanol–water partition coefficient (Wildman–Crippen LogP) is 5.39. The van der Waals surface area contributed by atoms with Gasteiger partial charge in [-0.05, 0) is 63.6 Å². The van der Waals surface area contributed by atoms with Gasteiger partial charge < -0.3 is 10.2 Å². The number of nitrogens with one attached hydrogen (secondary N) is 1. The summed E-state index contributed by atoms with van der Waals surface area (Å²) in [5.74, 6) is -1.03. The third-order valence-corrected chi connectivity index (χ3v) is 5.11. The van der Waals surface area contributed by atoms with Crippen molar-refractivity contribution in [2.24, 2.45) is 0 Å². The Morgan fingerprint density at radius 2 is 1.97 bits per heavy atom. The number of anilines is 2. The van der Waals surface area contributed by atoms with Gasteiger partial charge in [0.2, 0.25) is 0 Å². The second kappa shape index (κ2) is 7.92. The molecule has 1 aliphatic rings. The van der Waals surface area contributed by atoms with E-state index in [1.807, 2.05) is 26.0 Å². The molecule has 5 heteroatoms. The molecule has 4 nitrogen and oxygen atoms in total. The van der Waals surface area contributed by atoms with E-state index in [0.717, 1.165) is 23.4 Å². The molecule has 0 atom stereocenters. The Balaban J connectivity index is 2.00. The minimum Gasteiger partial charge on any atom is -0.363 e. The van der Waals surface area contributed by atoms with E-state index in [0.29, 0.717) is 5.69 Å². The number of rotatable bonds is 4. The first-order chi connectivity index (χ1) is 13.8. The van der Waals surface area contributed by atoms with Crippen molar-refractivity contribution in [3.05, 3.63) is 71.1 Å². The third kappa shape index (κ3) is 4.07. The number of carbonyl (C=O) groups is 1. The van der Waals surface area contributed by atoms with Gasteiger partial charge in [0.25, 0.3) is 5.91 Å². The number of benzene rings is 2. The number of nitriles is 1. The molecule has 0 saturated carbocycles. The first-order valence-corrected chi connectivity index (χ1v) is 9.56. The van der Waals surface area contributed by atoms with Crippen molar-refractivity contribution in [3.63, 3.8) is 0 Å². The Kier molecular flexibility index (Phi) is 5.56. The molecule has 1 N–H and O–H groups in total.